The van der Waals surface area contributed by atoms with E-state index in [0.29, 0.717) is 16.0 Å². The molecule has 0 saturated carbocycles. The molecule has 2 rings (SSSR count). The van der Waals surface area contributed by atoms with E-state index in [9.17, 15) is 22.8 Å². The van der Waals surface area contributed by atoms with E-state index in [2.05, 4.69) is 15.9 Å². The minimum Gasteiger partial charge on any atom is -0.443 e. The van der Waals surface area contributed by atoms with Gasteiger partial charge < -0.3 is 4.74 Å². The maximum Gasteiger partial charge on any atom is 0.415 e. The number of amides is 1. The minimum atomic E-state index is -4.57. The Kier molecular flexibility index (Phi) is 6.90. The van der Waals surface area contributed by atoms with Crippen LogP contribution in [0.3, 0.4) is 0 Å². The van der Waals surface area contributed by atoms with Crippen LogP contribution < -0.4 is 4.90 Å². The number of halogens is 4. The molecule has 0 N–H and O–H groups in total. The number of alkyl halides is 4. The van der Waals surface area contributed by atoms with Crippen LogP contribution in [0.2, 0.25) is 0 Å². The summed E-state index contributed by atoms with van der Waals surface area (Å²) in [6.07, 6.45) is -5.77. The lowest BCUT2D eigenvalue weighted by atomic mass is 9.93. The second-order valence-electron chi connectivity index (χ2n) is 6.85. The highest BCUT2D eigenvalue weighted by molar-refractivity contribution is 9.09. The van der Waals surface area contributed by atoms with Gasteiger partial charge in [0, 0.05) is 5.56 Å². The first kappa shape index (κ1) is 22.5. The van der Waals surface area contributed by atoms with Crippen LogP contribution >= 0.6 is 15.9 Å². The minimum absolute atomic E-state index is 0. The zero-order chi connectivity index (χ0) is 19.0. The van der Waals surface area contributed by atoms with Gasteiger partial charge in [0.1, 0.15) is 11.6 Å². The van der Waals surface area contributed by atoms with Gasteiger partial charge in [0.05, 0.1) is 11.0 Å². The number of hydrogen-bond donors (Lipinski definition) is 0. The van der Waals surface area contributed by atoms with Crippen LogP contribution in [0.5, 0.6) is 0 Å². The predicted molar refractivity (Wildman–Crippen MR) is 98.2 cm³/mol. The summed E-state index contributed by atoms with van der Waals surface area (Å²) in [7, 11) is 0. The molecular formula is C18H23BrF3NO3. The van der Waals surface area contributed by atoms with E-state index in [1.807, 2.05) is 0 Å². The van der Waals surface area contributed by atoms with Crippen molar-refractivity contribution < 1.29 is 27.5 Å². The van der Waals surface area contributed by atoms with Gasteiger partial charge in [0.2, 0.25) is 0 Å². The van der Waals surface area contributed by atoms with E-state index in [-0.39, 0.29) is 37.1 Å². The molecule has 1 aromatic rings. The van der Waals surface area contributed by atoms with Gasteiger partial charge in [-0.1, -0.05) is 23.4 Å². The Bertz CT molecular complexity index is 683. The van der Waals surface area contributed by atoms with Crippen LogP contribution in [-0.4, -0.2) is 35.0 Å². The smallest absolute Gasteiger partial charge is 0.415 e. The van der Waals surface area contributed by atoms with Crippen LogP contribution in [0.25, 0.3) is 0 Å². The molecule has 1 amide bonds. The van der Waals surface area contributed by atoms with Crippen molar-refractivity contribution in [3.63, 3.8) is 0 Å². The normalized spacial score (nSPS) is 17.2. The topological polar surface area (TPSA) is 46.6 Å². The maximum absolute atomic E-state index is 13.4. The lowest BCUT2D eigenvalue weighted by molar-refractivity contribution is -0.150. The molecule has 8 heteroatoms. The lowest BCUT2D eigenvalue weighted by Crippen LogP contribution is -2.53. The Hall–Kier alpha value is -1.57. The van der Waals surface area contributed by atoms with Crippen molar-refractivity contribution in [2.75, 3.05) is 10.2 Å². The third-order valence-corrected chi connectivity index (χ3v) is 4.26. The molecule has 1 aliphatic heterocycles. The molecule has 1 heterocycles. The van der Waals surface area contributed by atoms with Crippen LogP contribution in [-0.2, 0) is 11.2 Å². The van der Waals surface area contributed by atoms with Crippen molar-refractivity contribution >= 4 is 33.5 Å². The molecule has 0 fully saturated rings. The summed E-state index contributed by atoms with van der Waals surface area (Å²) in [5.41, 5.74) is 0.133. The fourth-order valence-electron chi connectivity index (χ4n) is 2.71. The average molecular weight is 438 g/mol. The third kappa shape index (κ3) is 4.99. The molecule has 26 heavy (non-hydrogen) atoms. The van der Waals surface area contributed by atoms with Crippen molar-refractivity contribution in [2.24, 2.45) is 0 Å². The van der Waals surface area contributed by atoms with E-state index < -0.39 is 23.9 Å². The summed E-state index contributed by atoms with van der Waals surface area (Å²) < 4.78 is 45.5. The molecule has 0 bridgehead atoms. The van der Waals surface area contributed by atoms with Crippen molar-refractivity contribution in [3.8, 4) is 0 Å². The summed E-state index contributed by atoms with van der Waals surface area (Å²) in [5, 5.41) is 0.118. The van der Waals surface area contributed by atoms with Crippen LogP contribution in [0.1, 0.15) is 50.5 Å². The number of hydrogen-bond acceptors (Lipinski definition) is 3. The molecule has 1 atom stereocenters. The molecule has 146 valence electrons. The van der Waals surface area contributed by atoms with E-state index in [4.69, 9.17) is 4.74 Å². The molecule has 4 nitrogen and oxygen atoms in total. The first-order chi connectivity index (χ1) is 11.4. The van der Waals surface area contributed by atoms with Gasteiger partial charge in [-0.3, -0.25) is 9.69 Å². The largest absolute Gasteiger partial charge is 0.443 e. The SMILES string of the molecule is C.CC(C)(C)OC(=O)N1c2ccc(C(=O)CBr)cc2CCC1C(F)(F)F. The molecule has 1 aliphatic rings. The van der Waals surface area contributed by atoms with Crippen molar-refractivity contribution in [2.45, 2.75) is 58.9 Å². The summed E-state index contributed by atoms with van der Waals surface area (Å²) in [6.45, 7) is 4.78. The maximum atomic E-state index is 13.4. The highest BCUT2D eigenvalue weighted by Gasteiger charge is 2.49. The second kappa shape index (κ2) is 7.98. The first-order valence-electron chi connectivity index (χ1n) is 7.75. The number of carbonyl (C=O) groups is 2. The van der Waals surface area contributed by atoms with E-state index in [1.54, 1.807) is 26.8 Å². The Labute approximate surface area is 159 Å². The van der Waals surface area contributed by atoms with Crippen molar-refractivity contribution in [1.29, 1.82) is 0 Å². The van der Waals surface area contributed by atoms with Gasteiger partial charge >= 0.3 is 12.3 Å². The molecule has 1 unspecified atom stereocenters. The standard InChI is InChI=1S/C17H19BrF3NO3.CH4/c1-16(2,3)25-15(24)22-12-6-4-11(13(23)9-18)8-10(12)5-7-14(22)17(19,20)21;/h4,6,8,14H,5,7,9H2,1-3H3;1H4. The number of Topliss-reactive ketones (excluding diaryl/α,β-unsaturated/α-hetero) is 1. The molecule has 0 saturated heterocycles. The molecule has 0 aliphatic carbocycles. The van der Waals surface area contributed by atoms with E-state index in [1.165, 1.54) is 12.1 Å². The van der Waals surface area contributed by atoms with Gasteiger partial charge in [0.25, 0.3) is 0 Å². The van der Waals surface area contributed by atoms with Crippen LogP contribution in [0.4, 0.5) is 23.7 Å². The van der Waals surface area contributed by atoms with Crippen molar-refractivity contribution in [1.82, 2.24) is 0 Å². The Morgan fingerprint density at radius 3 is 2.38 bits per heavy atom. The zero-order valence-electron chi connectivity index (χ0n) is 14.1. The fraction of sp³-hybridized carbons (Fsp3) is 0.556. The highest BCUT2D eigenvalue weighted by Crippen LogP contribution is 2.39. The fourth-order valence-corrected chi connectivity index (χ4v) is 3.03. The van der Waals surface area contributed by atoms with Gasteiger partial charge in [-0.15, -0.1) is 0 Å². The first-order valence-corrected chi connectivity index (χ1v) is 8.87. The number of aryl methyl sites for hydroxylation is 1. The summed E-state index contributed by atoms with van der Waals surface area (Å²) in [6, 6.07) is 2.40. The quantitative estimate of drug-likeness (QED) is 0.451. The van der Waals surface area contributed by atoms with Crippen LogP contribution in [0.15, 0.2) is 18.2 Å². The Morgan fingerprint density at radius 2 is 1.88 bits per heavy atom. The van der Waals surface area contributed by atoms with Gasteiger partial charge in [-0.05, 0) is 57.4 Å². The Morgan fingerprint density at radius 1 is 1.27 bits per heavy atom. The molecule has 0 aromatic heterocycles. The van der Waals surface area contributed by atoms with E-state index in [0.717, 1.165) is 0 Å². The summed E-state index contributed by atoms with van der Waals surface area (Å²) in [5.74, 6) is -0.176. The highest BCUT2D eigenvalue weighted by atomic mass is 79.9. The average Bonchev–Trinajstić information content (AvgIpc) is 2.49. The predicted octanol–water partition coefficient (Wildman–Crippen LogP) is 5.52. The monoisotopic (exact) mass is 437 g/mol. The second-order valence-corrected chi connectivity index (χ2v) is 7.41. The molecule has 0 spiro atoms. The van der Waals surface area contributed by atoms with Crippen molar-refractivity contribution in [3.05, 3.63) is 29.3 Å². The number of rotatable bonds is 2. The lowest BCUT2D eigenvalue weighted by Gasteiger charge is -2.38. The number of anilines is 1. The number of carbonyl (C=O) groups excluding carboxylic acids is 2. The third-order valence-electron chi connectivity index (χ3n) is 3.75. The summed E-state index contributed by atoms with van der Waals surface area (Å²) >= 11 is 3.07. The van der Waals surface area contributed by atoms with E-state index >= 15 is 0 Å². The van der Waals surface area contributed by atoms with Gasteiger partial charge in [0.15, 0.2) is 5.78 Å². The summed E-state index contributed by atoms with van der Waals surface area (Å²) in [4.78, 5) is 24.9. The number of ether oxygens (including phenoxy) is 1. The number of fused-ring (bicyclic) bond motifs is 1. The zero-order valence-corrected chi connectivity index (χ0v) is 15.7. The van der Waals surface area contributed by atoms with Crippen LogP contribution in [0, 0.1) is 0 Å². The van der Waals surface area contributed by atoms with Gasteiger partial charge in [-0.2, -0.15) is 13.2 Å². The number of benzene rings is 1. The van der Waals surface area contributed by atoms with Gasteiger partial charge in [-0.25, -0.2) is 4.79 Å². The molecule has 1 aromatic carbocycles. The number of ketones is 1. The molecule has 0 radical (unpaired) electrons. The Balaban J connectivity index is 0.00000338. The molecular weight excluding hydrogens is 415 g/mol. The number of nitrogens with zero attached hydrogens (tertiary/aromatic N) is 1.